The molecule has 1 aliphatic rings. The standard InChI is InChI=1S/C27H28N4O2/c1-3-12-30-26(33)27(11-15-31(19-27)25(32)24-18-28-13-14-29-24)17-22-8-4-5-10-23(22)21-9-6-7-20(2)16-21/h3-10,13-14,16,18H,1,11-12,15,17,19H2,2H3,(H,30,33)/t27-/m0/s1. The van der Waals surface area contributed by atoms with Crippen LogP contribution < -0.4 is 5.32 Å². The molecule has 3 aromatic rings. The third-order valence-corrected chi connectivity index (χ3v) is 6.19. The number of nitrogens with zero attached hydrogens (tertiary/aromatic N) is 3. The van der Waals surface area contributed by atoms with Gasteiger partial charge in [-0.3, -0.25) is 14.6 Å². The van der Waals surface area contributed by atoms with Crippen LogP contribution in [0.3, 0.4) is 0 Å². The van der Waals surface area contributed by atoms with Gasteiger partial charge in [0.1, 0.15) is 5.69 Å². The van der Waals surface area contributed by atoms with Gasteiger partial charge in [0.05, 0.1) is 11.6 Å². The lowest BCUT2D eigenvalue weighted by Gasteiger charge is -2.29. The van der Waals surface area contributed by atoms with E-state index in [0.29, 0.717) is 38.2 Å². The van der Waals surface area contributed by atoms with E-state index in [1.54, 1.807) is 11.0 Å². The number of hydrogen-bond donors (Lipinski definition) is 1. The van der Waals surface area contributed by atoms with Crippen molar-refractivity contribution >= 4 is 11.8 Å². The molecule has 33 heavy (non-hydrogen) atoms. The summed E-state index contributed by atoms with van der Waals surface area (Å²) in [4.78, 5) is 36.3. The van der Waals surface area contributed by atoms with Gasteiger partial charge in [-0.25, -0.2) is 4.98 Å². The summed E-state index contributed by atoms with van der Waals surface area (Å²) in [7, 11) is 0. The van der Waals surface area contributed by atoms with Crippen LogP contribution in [0.15, 0.2) is 79.8 Å². The molecule has 1 aliphatic heterocycles. The Kier molecular flexibility index (Phi) is 6.63. The minimum atomic E-state index is -0.735. The normalized spacial score (nSPS) is 17.5. The van der Waals surface area contributed by atoms with Crippen molar-refractivity contribution in [2.24, 2.45) is 5.41 Å². The lowest BCUT2D eigenvalue weighted by Crippen LogP contribution is -2.45. The van der Waals surface area contributed by atoms with Crippen LogP contribution in [0.4, 0.5) is 0 Å². The maximum Gasteiger partial charge on any atom is 0.274 e. The Hall–Kier alpha value is -3.80. The summed E-state index contributed by atoms with van der Waals surface area (Å²) in [5.74, 6) is -0.260. The monoisotopic (exact) mass is 440 g/mol. The van der Waals surface area contributed by atoms with Crippen LogP contribution in [0.25, 0.3) is 11.1 Å². The fourth-order valence-electron chi connectivity index (χ4n) is 4.51. The van der Waals surface area contributed by atoms with E-state index in [2.05, 4.69) is 59.1 Å². The predicted molar refractivity (Wildman–Crippen MR) is 129 cm³/mol. The van der Waals surface area contributed by atoms with Crippen molar-refractivity contribution in [1.29, 1.82) is 0 Å². The van der Waals surface area contributed by atoms with Crippen molar-refractivity contribution in [3.05, 3.63) is 96.6 Å². The summed E-state index contributed by atoms with van der Waals surface area (Å²) in [5.41, 5.74) is 4.06. The molecular weight excluding hydrogens is 412 g/mol. The van der Waals surface area contributed by atoms with Crippen LogP contribution in [0.5, 0.6) is 0 Å². The largest absolute Gasteiger partial charge is 0.352 e. The molecular formula is C27H28N4O2. The molecule has 0 unspecified atom stereocenters. The zero-order chi connectivity index (χ0) is 23.3. The Morgan fingerprint density at radius 2 is 2.03 bits per heavy atom. The zero-order valence-electron chi connectivity index (χ0n) is 18.8. The van der Waals surface area contributed by atoms with E-state index in [-0.39, 0.29) is 11.8 Å². The average molecular weight is 441 g/mol. The summed E-state index contributed by atoms with van der Waals surface area (Å²) < 4.78 is 0. The maximum atomic E-state index is 13.4. The molecule has 1 fully saturated rings. The topological polar surface area (TPSA) is 75.2 Å². The van der Waals surface area contributed by atoms with Gasteiger partial charge in [-0.05, 0) is 36.5 Å². The van der Waals surface area contributed by atoms with E-state index in [1.165, 1.54) is 24.2 Å². The molecule has 4 rings (SSSR count). The minimum Gasteiger partial charge on any atom is -0.352 e. The minimum absolute atomic E-state index is 0.0594. The number of nitrogens with one attached hydrogen (secondary N) is 1. The van der Waals surface area contributed by atoms with Gasteiger partial charge in [-0.2, -0.15) is 0 Å². The van der Waals surface area contributed by atoms with Gasteiger partial charge in [-0.15, -0.1) is 6.58 Å². The first kappa shape index (κ1) is 22.4. The number of carbonyl (C=O) groups excluding carboxylic acids is 2. The Labute approximate surface area is 194 Å². The number of likely N-dealkylation sites (tertiary alicyclic amines) is 1. The highest BCUT2D eigenvalue weighted by Crippen LogP contribution is 2.38. The first-order chi connectivity index (χ1) is 16.0. The van der Waals surface area contributed by atoms with Gasteiger partial charge in [0.2, 0.25) is 5.91 Å². The number of hydrogen-bond acceptors (Lipinski definition) is 4. The summed E-state index contributed by atoms with van der Waals surface area (Å²) in [6.45, 7) is 6.99. The Morgan fingerprint density at radius 1 is 1.18 bits per heavy atom. The van der Waals surface area contributed by atoms with Gasteiger partial charge < -0.3 is 10.2 Å². The first-order valence-corrected chi connectivity index (χ1v) is 11.1. The SMILES string of the molecule is C=CCNC(=O)[C@]1(Cc2ccccc2-c2cccc(C)c2)CCN(C(=O)c2cnccn2)C1. The molecule has 2 aromatic carbocycles. The quantitative estimate of drug-likeness (QED) is 0.567. The van der Waals surface area contributed by atoms with Crippen molar-refractivity contribution in [3.8, 4) is 11.1 Å². The van der Waals surface area contributed by atoms with Crippen LogP contribution in [-0.2, 0) is 11.2 Å². The highest BCUT2D eigenvalue weighted by Gasteiger charge is 2.46. The predicted octanol–water partition coefficient (Wildman–Crippen LogP) is 3.83. The summed E-state index contributed by atoms with van der Waals surface area (Å²) in [5, 5.41) is 2.98. The molecule has 1 saturated heterocycles. The van der Waals surface area contributed by atoms with Gasteiger partial charge >= 0.3 is 0 Å². The van der Waals surface area contributed by atoms with Crippen molar-refractivity contribution in [2.45, 2.75) is 19.8 Å². The summed E-state index contributed by atoms with van der Waals surface area (Å²) in [6, 6.07) is 16.6. The van der Waals surface area contributed by atoms with E-state index in [0.717, 1.165) is 16.7 Å². The molecule has 0 saturated carbocycles. The Balaban J connectivity index is 1.66. The van der Waals surface area contributed by atoms with Gasteiger partial charge in [0.15, 0.2) is 0 Å². The van der Waals surface area contributed by atoms with Gasteiger partial charge in [-0.1, -0.05) is 60.2 Å². The third-order valence-electron chi connectivity index (χ3n) is 6.19. The molecule has 1 N–H and O–H groups in total. The second-order valence-corrected chi connectivity index (χ2v) is 8.55. The summed E-state index contributed by atoms with van der Waals surface area (Å²) >= 11 is 0. The van der Waals surface area contributed by atoms with Crippen LogP contribution in [0.1, 0.15) is 28.0 Å². The van der Waals surface area contributed by atoms with E-state index >= 15 is 0 Å². The number of benzene rings is 2. The lowest BCUT2D eigenvalue weighted by molar-refractivity contribution is -0.130. The molecule has 6 nitrogen and oxygen atoms in total. The van der Waals surface area contributed by atoms with Gasteiger partial charge in [0, 0.05) is 32.0 Å². The lowest BCUT2D eigenvalue weighted by atomic mass is 9.78. The van der Waals surface area contributed by atoms with Crippen LogP contribution in [0.2, 0.25) is 0 Å². The number of aryl methyl sites for hydroxylation is 1. The van der Waals surface area contributed by atoms with Gasteiger partial charge in [0.25, 0.3) is 5.91 Å². The average Bonchev–Trinajstić information content (AvgIpc) is 3.28. The van der Waals surface area contributed by atoms with Crippen LogP contribution in [0, 0.1) is 12.3 Å². The third kappa shape index (κ3) is 4.85. The zero-order valence-corrected chi connectivity index (χ0v) is 18.8. The van der Waals surface area contributed by atoms with E-state index in [4.69, 9.17) is 0 Å². The highest BCUT2D eigenvalue weighted by atomic mass is 16.2. The molecule has 0 aliphatic carbocycles. The number of amides is 2. The van der Waals surface area contributed by atoms with Crippen molar-refractivity contribution in [3.63, 3.8) is 0 Å². The molecule has 168 valence electrons. The molecule has 2 heterocycles. The van der Waals surface area contributed by atoms with E-state index in [1.807, 2.05) is 18.2 Å². The highest BCUT2D eigenvalue weighted by molar-refractivity contribution is 5.93. The number of rotatable bonds is 7. The number of carbonyl (C=O) groups is 2. The van der Waals surface area contributed by atoms with E-state index in [9.17, 15) is 9.59 Å². The molecule has 0 spiro atoms. The van der Waals surface area contributed by atoms with E-state index < -0.39 is 5.41 Å². The Morgan fingerprint density at radius 3 is 2.79 bits per heavy atom. The molecule has 1 atom stereocenters. The second kappa shape index (κ2) is 9.77. The second-order valence-electron chi connectivity index (χ2n) is 8.55. The maximum absolute atomic E-state index is 13.4. The van der Waals surface area contributed by atoms with Crippen molar-refractivity contribution in [2.75, 3.05) is 19.6 Å². The van der Waals surface area contributed by atoms with Crippen molar-refractivity contribution in [1.82, 2.24) is 20.2 Å². The molecule has 6 heteroatoms. The van der Waals surface area contributed by atoms with Crippen molar-refractivity contribution < 1.29 is 9.59 Å². The fraction of sp³-hybridized carbons (Fsp3) is 0.259. The first-order valence-electron chi connectivity index (χ1n) is 11.1. The number of aromatic nitrogens is 2. The molecule has 1 aromatic heterocycles. The molecule has 2 amide bonds. The summed E-state index contributed by atoms with van der Waals surface area (Å²) in [6.07, 6.45) is 7.28. The smallest absolute Gasteiger partial charge is 0.274 e. The van der Waals surface area contributed by atoms with Crippen LogP contribution >= 0.6 is 0 Å². The van der Waals surface area contributed by atoms with Crippen LogP contribution in [-0.4, -0.2) is 46.3 Å². The molecule has 0 bridgehead atoms. The molecule has 0 radical (unpaired) electrons. The fourth-order valence-corrected chi connectivity index (χ4v) is 4.51. The Bertz CT molecular complexity index is 1160.